The molecule has 110 valence electrons. The minimum absolute atomic E-state index is 0.00443. The van der Waals surface area contributed by atoms with Crippen LogP contribution in [0, 0.1) is 5.41 Å². The van der Waals surface area contributed by atoms with Crippen molar-refractivity contribution in [3.63, 3.8) is 0 Å². The Morgan fingerprint density at radius 1 is 1.26 bits per heavy atom. The molecule has 1 aliphatic carbocycles. The van der Waals surface area contributed by atoms with Crippen molar-refractivity contribution >= 4 is 0 Å². The van der Waals surface area contributed by atoms with E-state index in [1.807, 2.05) is 7.11 Å². The van der Waals surface area contributed by atoms with E-state index in [9.17, 15) is 0 Å². The van der Waals surface area contributed by atoms with Crippen LogP contribution in [0.15, 0.2) is 0 Å². The van der Waals surface area contributed by atoms with Gasteiger partial charge in [0.2, 0.25) is 0 Å². The average molecular weight is 269 g/mol. The molecule has 0 amide bonds. The molecule has 0 aromatic heterocycles. The number of hydrogen-bond acceptors (Lipinski definition) is 4. The first kappa shape index (κ1) is 13.8. The molecule has 2 heterocycles. The molecule has 3 rings (SSSR count). The van der Waals surface area contributed by atoms with Gasteiger partial charge in [0.05, 0.1) is 18.3 Å². The van der Waals surface area contributed by atoms with Crippen LogP contribution in [0.2, 0.25) is 0 Å². The topological polar surface area (TPSA) is 39.7 Å². The molecule has 0 aromatic carbocycles. The maximum atomic E-state index is 5.99. The van der Waals surface area contributed by atoms with Crippen molar-refractivity contribution in [3.05, 3.63) is 0 Å². The zero-order chi connectivity index (χ0) is 13.5. The first-order valence-electron chi connectivity index (χ1n) is 7.56. The van der Waals surface area contributed by atoms with Crippen LogP contribution in [-0.2, 0) is 14.2 Å². The molecule has 1 spiro atoms. The van der Waals surface area contributed by atoms with Crippen LogP contribution in [-0.4, -0.2) is 50.7 Å². The largest absolute Gasteiger partial charge is 0.381 e. The van der Waals surface area contributed by atoms with Gasteiger partial charge in [-0.2, -0.15) is 0 Å². The monoisotopic (exact) mass is 269 g/mol. The van der Waals surface area contributed by atoms with Crippen LogP contribution in [0.5, 0.6) is 0 Å². The van der Waals surface area contributed by atoms with Gasteiger partial charge in [-0.05, 0) is 19.3 Å². The highest BCUT2D eigenvalue weighted by atomic mass is 16.6. The maximum Gasteiger partial charge on any atom is 0.0951 e. The quantitative estimate of drug-likeness (QED) is 0.847. The molecular weight excluding hydrogens is 242 g/mol. The van der Waals surface area contributed by atoms with Gasteiger partial charge in [0, 0.05) is 44.2 Å². The van der Waals surface area contributed by atoms with Crippen LogP contribution < -0.4 is 5.32 Å². The molecule has 19 heavy (non-hydrogen) atoms. The van der Waals surface area contributed by atoms with E-state index in [1.165, 1.54) is 0 Å². The van der Waals surface area contributed by atoms with Crippen LogP contribution in [0.4, 0.5) is 0 Å². The van der Waals surface area contributed by atoms with E-state index in [1.54, 1.807) is 0 Å². The van der Waals surface area contributed by atoms with E-state index in [0.29, 0.717) is 18.2 Å². The van der Waals surface area contributed by atoms with Gasteiger partial charge in [-0.15, -0.1) is 0 Å². The fourth-order valence-corrected chi connectivity index (χ4v) is 3.89. The van der Waals surface area contributed by atoms with Gasteiger partial charge < -0.3 is 19.5 Å². The predicted molar refractivity (Wildman–Crippen MR) is 73.3 cm³/mol. The number of nitrogens with one attached hydrogen (secondary N) is 1. The Morgan fingerprint density at radius 3 is 2.74 bits per heavy atom. The summed E-state index contributed by atoms with van der Waals surface area (Å²) >= 11 is 0. The molecule has 4 nitrogen and oxygen atoms in total. The Balaban J connectivity index is 1.56. The standard InChI is InChI=1S/C15H27NO3/c1-14(2)12(8-13(14)17-3)16-11-4-6-19-15(9-11)5-7-18-10-15/h11-13,16H,4-10H2,1-3H3. The Morgan fingerprint density at radius 2 is 2.11 bits per heavy atom. The van der Waals surface area contributed by atoms with Gasteiger partial charge in [0.15, 0.2) is 0 Å². The van der Waals surface area contributed by atoms with Gasteiger partial charge in [0.1, 0.15) is 0 Å². The Bertz CT molecular complexity index is 325. The first-order chi connectivity index (χ1) is 9.06. The van der Waals surface area contributed by atoms with Crippen molar-refractivity contribution in [2.24, 2.45) is 5.41 Å². The van der Waals surface area contributed by atoms with E-state index >= 15 is 0 Å². The van der Waals surface area contributed by atoms with E-state index in [4.69, 9.17) is 14.2 Å². The summed E-state index contributed by atoms with van der Waals surface area (Å²) in [7, 11) is 1.82. The summed E-state index contributed by atoms with van der Waals surface area (Å²) in [5.74, 6) is 0. The molecule has 0 bridgehead atoms. The number of rotatable bonds is 3. The predicted octanol–water partition coefficient (Wildman–Crippen LogP) is 1.73. The highest BCUT2D eigenvalue weighted by Gasteiger charge is 2.50. The van der Waals surface area contributed by atoms with E-state index in [2.05, 4.69) is 19.2 Å². The highest BCUT2D eigenvalue weighted by molar-refractivity contribution is 5.05. The third kappa shape index (κ3) is 2.44. The molecule has 4 heteroatoms. The lowest BCUT2D eigenvalue weighted by atomic mass is 9.64. The van der Waals surface area contributed by atoms with Crippen LogP contribution >= 0.6 is 0 Å². The summed E-state index contributed by atoms with van der Waals surface area (Å²) in [6.45, 7) is 7.10. The van der Waals surface area contributed by atoms with Crippen molar-refractivity contribution in [1.29, 1.82) is 0 Å². The molecule has 2 aliphatic heterocycles. The van der Waals surface area contributed by atoms with Gasteiger partial charge in [-0.1, -0.05) is 13.8 Å². The van der Waals surface area contributed by atoms with Crippen molar-refractivity contribution in [3.8, 4) is 0 Å². The van der Waals surface area contributed by atoms with Crippen LogP contribution in [0.1, 0.15) is 39.5 Å². The summed E-state index contributed by atoms with van der Waals surface area (Å²) in [5.41, 5.74) is 0.247. The van der Waals surface area contributed by atoms with Gasteiger partial charge in [0.25, 0.3) is 0 Å². The second-order valence-corrected chi connectivity index (χ2v) is 7.02. The van der Waals surface area contributed by atoms with Gasteiger partial charge >= 0.3 is 0 Å². The zero-order valence-electron chi connectivity index (χ0n) is 12.4. The molecule has 4 unspecified atom stereocenters. The van der Waals surface area contributed by atoms with Gasteiger partial charge in [-0.3, -0.25) is 0 Å². The molecule has 0 aromatic rings. The second kappa shape index (κ2) is 4.99. The summed E-state index contributed by atoms with van der Waals surface area (Å²) in [4.78, 5) is 0. The van der Waals surface area contributed by atoms with Crippen LogP contribution in [0.25, 0.3) is 0 Å². The minimum atomic E-state index is 0.00443. The Labute approximate surface area is 116 Å². The SMILES string of the molecule is COC1CC(NC2CCOC3(CCOC3)C2)C1(C)C. The fraction of sp³-hybridized carbons (Fsp3) is 1.00. The second-order valence-electron chi connectivity index (χ2n) is 7.02. The minimum Gasteiger partial charge on any atom is -0.381 e. The third-order valence-corrected chi connectivity index (χ3v) is 5.46. The van der Waals surface area contributed by atoms with E-state index in [0.717, 1.165) is 45.5 Å². The summed E-state index contributed by atoms with van der Waals surface area (Å²) in [6.07, 6.45) is 4.79. The summed E-state index contributed by atoms with van der Waals surface area (Å²) in [5, 5.41) is 3.85. The van der Waals surface area contributed by atoms with E-state index in [-0.39, 0.29) is 11.0 Å². The zero-order valence-corrected chi connectivity index (χ0v) is 12.4. The van der Waals surface area contributed by atoms with Crippen molar-refractivity contribution in [2.45, 2.75) is 63.3 Å². The smallest absolute Gasteiger partial charge is 0.0951 e. The lowest BCUT2D eigenvalue weighted by Gasteiger charge is -2.53. The molecule has 2 saturated heterocycles. The van der Waals surface area contributed by atoms with Crippen molar-refractivity contribution < 1.29 is 14.2 Å². The number of ether oxygens (including phenoxy) is 3. The highest BCUT2D eigenvalue weighted by Crippen LogP contribution is 2.43. The fourth-order valence-electron chi connectivity index (χ4n) is 3.89. The average Bonchev–Trinajstić information content (AvgIpc) is 2.82. The Hall–Kier alpha value is -0.160. The number of methoxy groups -OCH3 is 1. The van der Waals surface area contributed by atoms with Crippen LogP contribution in [0.3, 0.4) is 0 Å². The lowest BCUT2D eigenvalue weighted by Crippen LogP contribution is -2.64. The molecule has 0 radical (unpaired) electrons. The number of hydrogen-bond donors (Lipinski definition) is 1. The van der Waals surface area contributed by atoms with E-state index < -0.39 is 0 Å². The first-order valence-corrected chi connectivity index (χ1v) is 7.56. The summed E-state index contributed by atoms with van der Waals surface area (Å²) in [6, 6.07) is 1.14. The third-order valence-electron chi connectivity index (χ3n) is 5.46. The molecule has 1 saturated carbocycles. The normalized spacial score (nSPS) is 45.3. The summed E-state index contributed by atoms with van der Waals surface area (Å²) < 4.78 is 17.1. The van der Waals surface area contributed by atoms with Gasteiger partial charge in [-0.25, -0.2) is 0 Å². The molecule has 3 fully saturated rings. The molecular formula is C15H27NO3. The maximum absolute atomic E-state index is 5.99. The van der Waals surface area contributed by atoms with Crippen molar-refractivity contribution in [1.82, 2.24) is 5.32 Å². The Kier molecular flexibility index (Phi) is 3.63. The van der Waals surface area contributed by atoms with Crippen molar-refractivity contribution in [2.75, 3.05) is 26.9 Å². The lowest BCUT2D eigenvalue weighted by molar-refractivity contribution is -0.119. The molecule has 1 N–H and O–H groups in total. The molecule has 3 aliphatic rings. The molecule has 4 atom stereocenters.